The van der Waals surface area contributed by atoms with Crippen molar-refractivity contribution < 1.29 is 18.0 Å². The smallest absolute Gasteiger partial charge is 0.293 e. The number of carbonyl (C=O) groups excluding carboxylic acids is 1. The molecule has 2 heterocycles. The minimum Gasteiger partial charge on any atom is -0.438 e. The van der Waals surface area contributed by atoms with Gasteiger partial charge in [-0.2, -0.15) is 0 Å². The summed E-state index contributed by atoms with van der Waals surface area (Å²) in [5.74, 6) is -2.15. The Morgan fingerprint density at radius 1 is 1.12 bits per heavy atom. The Kier molecular flexibility index (Phi) is 3.73. The molecule has 0 aliphatic heterocycles. The standard InChI is InChI=1S/C17H9F2N3O2S/c18-11-3-1-9(5-12(11)19)17-22-13-6-10(2-4-15(13)25-17)21-16(23)14-7-20-8-24-14/h1-8H,(H,21,23). The molecule has 4 aromatic rings. The van der Waals surface area contributed by atoms with Crippen LogP contribution in [0.15, 0.2) is 53.4 Å². The molecule has 124 valence electrons. The van der Waals surface area contributed by atoms with Crippen LogP contribution in [0.1, 0.15) is 10.6 Å². The number of nitrogens with one attached hydrogen (secondary N) is 1. The lowest BCUT2D eigenvalue weighted by Gasteiger charge is -2.02. The lowest BCUT2D eigenvalue weighted by atomic mass is 10.2. The first-order valence-electron chi connectivity index (χ1n) is 7.16. The maximum Gasteiger partial charge on any atom is 0.293 e. The third-order valence-corrected chi connectivity index (χ3v) is 4.55. The molecule has 0 saturated carbocycles. The monoisotopic (exact) mass is 357 g/mol. The lowest BCUT2D eigenvalue weighted by molar-refractivity contribution is 0.0996. The molecule has 5 nitrogen and oxygen atoms in total. The summed E-state index contributed by atoms with van der Waals surface area (Å²) in [4.78, 5) is 20.1. The van der Waals surface area contributed by atoms with E-state index >= 15 is 0 Å². The Bertz CT molecular complexity index is 1080. The van der Waals surface area contributed by atoms with Gasteiger partial charge in [0, 0.05) is 11.3 Å². The zero-order valence-corrected chi connectivity index (χ0v) is 13.3. The van der Waals surface area contributed by atoms with E-state index in [1.165, 1.54) is 30.0 Å². The van der Waals surface area contributed by atoms with Crippen molar-refractivity contribution >= 4 is 33.1 Å². The van der Waals surface area contributed by atoms with Gasteiger partial charge in [0.15, 0.2) is 18.0 Å². The third kappa shape index (κ3) is 2.99. The van der Waals surface area contributed by atoms with Crippen molar-refractivity contribution in [2.24, 2.45) is 0 Å². The van der Waals surface area contributed by atoms with Gasteiger partial charge in [-0.05, 0) is 36.4 Å². The van der Waals surface area contributed by atoms with Crippen LogP contribution >= 0.6 is 11.3 Å². The van der Waals surface area contributed by atoms with Gasteiger partial charge in [0.05, 0.1) is 16.4 Å². The summed E-state index contributed by atoms with van der Waals surface area (Å²) in [6.07, 6.45) is 2.49. The van der Waals surface area contributed by atoms with Gasteiger partial charge in [-0.25, -0.2) is 18.7 Å². The molecule has 0 unspecified atom stereocenters. The minimum absolute atomic E-state index is 0.0980. The number of oxazole rings is 1. The molecular weight excluding hydrogens is 348 g/mol. The molecule has 25 heavy (non-hydrogen) atoms. The first-order valence-corrected chi connectivity index (χ1v) is 7.98. The van der Waals surface area contributed by atoms with Crippen LogP contribution in [0, 0.1) is 11.6 Å². The Hall–Kier alpha value is -3.13. The van der Waals surface area contributed by atoms with E-state index in [-0.39, 0.29) is 5.76 Å². The van der Waals surface area contributed by atoms with Gasteiger partial charge in [-0.3, -0.25) is 4.79 Å². The topological polar surface area (TPSA) is 68.0 Å². The summed E-state index contributed by atoms with van der Waals surface area (Å²) in [7, 11) is 0. The van der Waals surface area contributed by atoms with Crippen molar-refractivity contribution in [1.82, 2.24) is 9.97 Å². The SMILES string of the molecule is O=C(Nc1ccc2sc(-c3ccc(F)c(F)c3)nc2c1)c1cnco1. The highest BCUT2D eigenvalue weighted by atomic mass is 32.1. The number of aromatic nitrogens is 2. The molecule has 2 aromatic carbocycles. The molecule has 0 aliphatic rings. The minimum atomic E-state index is -0.920. The fraction of sp³-hybridized carbons (Fsp3) is 0. The molecule has 1 amide bonds. The van der Waals surface area contributed by atoms with Crippen LogP contribution in [0.2, 0.25) is 0 Å². The fourth-order valence-corrected chi connectivity index (χ4v) is 3.22. The predicted octanol–water partition coefficient (Wildman–Crippen LogP) is 4.48. The van der Waals surface area contributed by atoms with Gasteiger partial charge in [0.2, 0.25) is 5.76 Å². The molecule has 0 spiro atoms. The van der Waals surface area contributed by atoms with E-state index < -0.39 is 17.5 Å². The summed E-state index contributed by atoms with van der Waals surface area (Å²) in [6, 6.07) is 8.88. The van der Waals surface area contributed by atoms with Crippen LogP contribution in [0.5, 0.6) is 0 Å². The Labute approximate surface area is 144 Å². The fourth-order valence-electron chi connectivity index (χ4n) is 2.28. The summed E-state index contributed by atoms with van der Waals surface area (Å²) in [5, 5.41) is 3.25. The number of hydrogen-bond acceptors (Lipinski definition) is 5. The second-order valence-corrected chi connectivity index (χ2v) is 6.18. The second-order valence-electron chi connectivity index (χ2n) is 5.15. The van der Waals surface area contributed by atoms with Gasteiger partial charge < -0.3 is 9.73 Å². The summed E-state index contributed by atoms with van der Waals surface area (Å²) < 4.78 is 32.3. The van der Waals surface area contributed by atoms with Crippen LogP contribution in [0.3, 0.4) is 0 Å². The van der Waals surface area contributed by atoms with E-state index in [1.54, 1.807) is 18.2 Å². The maximum atomic E-state index is 13.4. The van der Waals surface area contributed by atoms with Crippen molar-refractivity contribution in [3.8, 4) is 10.6 Å². The normalized spacial score (nSPS) is 11.0. The molecule has 0 saturated heterocycles. The number of anilines is 1. The number of thiazole rings is 1. The first kappa shape index (κ1) is 15.4. The largest absolute Gasteiger partial charge is 0.438 e. The quantitative estimate of drug-likeness (QED) is 0.587. The number of rotatable bonds is 3. The van der Waals surface area contributed by atoms with Crippen LogP contribution < -0.4 is 5.32 Å². The van der Waals surface area contributed by atoms with E-state index in [1.807, 2.05) is 0 Å². The molecule has 2 aromatic heterocycles. The summed E-state index contributed by atoms with van der Waals surface area (Å²) in [5.41, 5.74) is 1.67. The molecule has 0 atom stereocenters. The highest BCUT2D eigenvalue weighted by Crippen LogP contribution is 2.32. The molecule has 0 aliphatic carbocycles. The molecular formula is C17H9F2N3O2S. The van der Waals surface area contributed by atoms with E-state index in [4.69, 9.17) is 4.42 Å². The highest BCUT2D eigenvalue weighted by Gasteiger charge is 2.12. The molecule has 8 heteroatoms. The average molecular weight is 357 g/mol. The number of hydrogen-bond donors (Lipinski definition) is 1. The number of benzene rings is 2. The molecule has 4 rings (SSSR count). The van der Waals surface area contributed by atoms with Crippen LogP contribution in [-0.2, 0) is 0 Å². The van der Waals surface area contributed by atoms with E-state index in [0.29, 0.717) is 21.8 Å². The molecule has 0 bridgehead atoms. The van der Waals surface area contributed by atoms with Gasteiger partial charge in [-0.1, -0.05) is 0 Å². The Balaban J connectivity index is 1.65. The van der Waals surface area contributed by atoms with Crippen molar-refractivity contribution in [2.45, 2.75) is 0 Å². The maximum absolute atomic E-state index is 13.4. The van der Waals surface area contributed by atoms with Gasteiger partial charge in [-0.15, -0.1) is 11.3 Å². The average Bonchev–Trinajstić information content (AvgIpc) is 3.26. The third-order valence-electron chi connectivity index (χ3n) is 3.47. The van der Waals surface area contributed by atoms with E-state index in [9.17, 15) is 13.6 Å². The molecule has 0 fully saturated rings. The van der Waals surface area contributed by atoms with E-state index in [2.05, 4.69) is 15.3 Å². The van der Waals surface area contributed by atoms with Gasteiger partial charge in [0.25, 0.3) is 5.91 Å². The lowest BCUT2D eigenvalue weighted by Crippen LogP contribution is -2.10. The van der Waals surface area contributed by atoms with Crippen LogP contribution in [0.4, 0.5) is 14.5 Å². The zero-order valence-electron chi connectivity index (χ0n) is 12.5. The van der Waals surface area contributed by atoms with Crippen molar-refractivity contribution in [1.29, 1.82) is 0 Å². The Morgan fingerprint density at radius 2 is 2.00 bits per heavy atom. The summed E-state index contributed by atoms with van der Waals surface area (Å²) >= 11 is 1.35. The second kappa shape index (κ2) is 6.06. The van der Waals surface area contributed by atoms with Crippen molar-refractivity contribution in [2.75, 3.05) is 5.32 Å². The number of fused-ring (bicyclic) bond motifs is 1. The van der Waals surface area contributed by atoms with Crippen molar-refractivity contribution in [3.05, 3.63) is 66.4 Å². The highest BCUT2D eigenvalue weighted by molar-refractivity contribution is 7.21. The number of carbonyl (C=O) groups is 1. The van der Waals surface area contributed by atoms with Crippen LogP contribution in [-0.4, -0.2) is 15.9 Å². The summed E-state index contributed by atoms with van der Waals surface area (Å²) in [6.45, 7) is 0. The van der Waals surface area contributed by atoms with Crippen LogP contribution in [0.25, 0.3) is 20.8 Å². The number of nitrogens with zero attached hydrogens (tertiary/aromatic N) is 2. The molecule has 1 N–H and O–H groups in total. The van der Waals surface area contributed by atoms with Gasteiger partial charge in [0.1, 0.15) is 5.01 Å². The van der Waals surface area contributed by atoms with E-state index in [0.717, 1.165) is 16.8 Å². The predicted molar refractivity (Wildman–Crippen MR) is 89.4 cm³/mol. The van der Waals surface area contributed by atoms with Gasteiger partial charge >= 0.3 is 0 Å². The number of halogens is 2. The van der Waals surface area contributed by atoms with Crippen molar-refractivity contribution in [3.63, 3.8) is 0 Å². The Morgan fingerprint density at radius 3 is 2.76 bits per heavy atom. The first-order chi connectivity index (χ1) is 12.1. The number of amides is 1. The molecule has 0 radical (unpaired) electrons. The zero-order chi connectivity index (χ0) is 17.4.